The third-order valence-electron chi connectivity index (χ3n) is 3.01. The van der Waals surface area contributed by atoms with Crippen LogP contribution in [0.2, 0.25) is 0 Å². The van der Waals surface area contributed by atoms with Gasteiger partial charge in [0.2, 0.25) is 0 Å². The van der Waals surface area contributed by atoms with Crippen molar-refractivity contribution in [1.29, 1.82) is 0 Å². The van der Waals surface area contributed by atoms with Gasteiger partial charge in [-0.25, -0.2) is 4.98 Å². The number of hydrogen-bond donors (Lipinski definition) is 1. The molecular weight excluding hydrogens is 403 g/mol. The Labute approximate surface area is 147 Å². The number of ether oxygens (including phenoxy) is 2. The highest BCUT2D eigenvalue weighted by atomic mass is 127. The van der Waals surface area contributed by atoms with E-state index in [-0.39, 0.29) is 30.1 Å². The Morgan fingerprint density at radius 1 is 1.57 bits per heavy atom. The predicted molar refractivity (Wildman–Crippen MR) is 95.7 cm³/mol. The minimum atomic E-state index is 0. The van der Waals surface area contributed by atoms with Crippen LogP contribution in [0.3, 0.4) is 0 Å². The fourth-order valence-electron chi connectivity index (χ4n) is 2.04. The first-order valence-corrected chi connectivity index (χ1v) is 7.59. The number of guanidine groups is 1. The Bertz CT molecular complexity index is 449. The molecule has 0 radical (unpaired) electrons. The van der Waals surface area contributed by atoms with Gasteiger partial charge in [0, 0.05) is 26.0 Å². The minimum Gasteiger partial charge on any atom is -0.376 e. The van der Waals surface area contributed by atoms with E-state index in [4.69, 9.17) is 9.47 Å². The van der Waals surface area contributed by atoms with Crippen molar-refractivity contribution < 1.29 is 9.47 Å². The largest absolute Gasteiger partial charge is 0.376 e. The van der Waals surface area contributed by atoms with Gasteiger partial charge in [0.15, 0.2) is 5.96 Å². The van der Waals surface area contributed by atoms with Crippen LogP contribution < -0.4 is 5.32 Å². The molecule has 1 unspecified atom stereocenters. The SMILES string of the molecule is CN=C(NCC1COCCO1)N(C)Cc1csc(C)n1.I. The topological polar surface area (TPSA) is 59.0 Å². The monoisotopic (exact) mass is 426 g/mol. The number of aromatic nitrogens is 1. The second-order valence-electron chi connectivity index (χ2n) is 4.71. The molecule has 21 heavy (non-hydrogen) atoms. The van der Waals surface area contributed by atoms with E-state index in [1.54, 1.807) is 18.4 Å². The first kappa shape index (κ1) is 18.6. The molecule has 0 saturated carbocycles. The number of rotatable bonds is 4. The molecule has 1 saturated heterocycles. The number of thiazole rings is 1. The summed E-state index contributed by atoms with van der Waals surface area (Å²) in [6, 6.07) is 0. The zero-order chi connectivity index (χ0) is 14.4. The van der Waals surface area contributed by atoms with Crippen LogP contribution in [0.1, 0.15) is 10.7 Å². The number of nitrogens with one attached hydrogen (secondary N) is 1. The summed E-state index contributed by atoms with van der Waals surface area (Å²) in [5.74, 6) is 0.838. The average molecular weight is 426 g/mol. The normalized spacial score (nSPS) is 19.0. The van der Waals surface area contributed by atoms with Gasteiger partial charge in [0.25, 0.3) is 0 Å². The van der Waals surface area contributed by atoms with Gasteiger partial charge in [0.05, 0.1) is 43.2 Å². The molecule has 2 heterocycles. The van der Waals surface area contributed by atoms with Crippen molar-refractivity contribution in [2.24, 2.45) is 4.99 Å². The molecule has 0 amide bonds. The lowest BCUT2D eigenvalue weighted by Gasteiger charge is -2.26. The lowest BCUT2D eigenvalue weighted by Crippen LogP contribution is -2.45. The standard InChI is InChI=1S/C13H22N4O2S.HI/c1-10-16-11(9-20-10)7-17(3)13(14-2)15-6-12-8-18-4-5-19-12;/h9,12H,4-8H2,1-3H3,(H,14,15);1H. The summed E-state index contributed by atoms with van der Waals surface area (Å²) in [7, 11) is 3.78. The molecule has 1 atom stereocenters. The summed E-state index contributed by atoms with van der Waals surface area (Å²) < 4.78 is 11.0. The molecule has 0 aliphatic carbocycles. The molecule has 1 aliphatic heterocycles. The summed E-state index contributed by atoms with van der Waals surface area (Å²) in [6.45, 7) is 5.45. The minimum absolute atomic E-state index is 0. The smallest absolute Gasteiger partial charge is 0.193 e. The molecule has 2 rings (SSSR count). The Hall–Kier alpha value is -0.450. The van der Waals surface area contributed by atoms with Gasteiger partial charge < -0.3 is 19.7 Å². The van der Waals surface area contributed by atoms with Crippen molar-refractivity contribution in [2.45, 2.75) is 19.6 Å². The van der Waals surface area contributed by atoms with E-state index in [0.29, 0.717) is 26.4 Å². The lowest BCUT2D eigenvalue weighted by molar-refractivity contribution is -0.0851. The van der Waals surface area contributed by atoms with Crippen molar-refractivity contribution in [3.8, 4) is 0 Å². The molecule has 1 fully saturated rings. The highest BCUT2D eigenvalue weighted by molar-refractivity contribution is 14.0. The van der Waals surface area contributed by atoms with Crippen LogP contribution in [0.5, 0.6) is 0 Å². The molecule has 6 nitrogen and oxygen atoms in total. The quantitative estimate of drug-likeness (QED) is 0.449. The summed E-state index contributed by atoms with van der Waals surface area (Å²) >= 11 is 1.67. The van der Waals surface area contributed by atoms with Crippen LogP contribution >= 0.6 is 35.3 Å². The molecule has 0 aromatic carbocycles. The Morgan fingerprint density at radius 3 is 2.95 bits per heavy atom. The van der Waals surface area contributed by atoms with E-state index in [0.717, 1.165) is 23.2 Å². The van der Waals surface area contributed by atoms with E-state index >= 15 is 0 Å². The summed E-state index contributed by atoms with van der Waals surface area (Å²) in [6.07, 6.45) is 0.0930. The van der Waals surface area contributed by atoms with Crippen LogP contribution in [0.25, 0.3) is 0 Å². The Balaban J connectivity index is 0.00000220. The number of aliphatic imine (C=N–C) groups is 1. The van der Waals surface area contributed by atoms with E-state index in [1.807, 2.05) is 14.0 Å². The van der Waals surface area contributed by atoms with Gasteiger partial charge in [-0.1, -0.05) is 0 Å². The van der Waals surface area contributed by atoms with E-state index < -0.39 is 0 Å². The maximum atomic E-state index is 5.60. The van der Waals surface area contributed by atoms with E-state index in [1.165, 1.54) is 0 Å². The lowest BCUT2D eigenvalue weighted by atomic mass is 10.3. The number of nitrogens with zero attached hydrogens (tertiary/aromatic N) is 3. The summed E-state index contributed by atoms with van der Waals surface area (Å²) in [5, 5.41) is 6.48. The molecular formula is C13H23IN4O2S. The van der Waals surface area contributed by atoms with Crippen LogP contribution in [0.4, 0.5) is 0 Å². The number of halogens is 1. The Morgan fingerprint density at radius 2 is 2.38 bits per heavy atom. The zero-order valence-electron chi connectivity index (χ0n) is 12.7. The van der Waals surface area contributed by atoms with Gasteiger partial charge in [-0.2, -0.15) is 0 Å². The molecule has 1 aromatic heterocycles. The van der Waals surface area contributed by atoms with Crippen LogP contribution in [-0.4, -0.2) is 62.4 Å². The van der Waals surface area contributed by atoms with Crippen LogP contribution in [-0.2, 0) is 16.0 Å². The number of hydrogen-bond acceptors (Lipinski definition) is 5. The highest BCUT2D eigenvalue weighted by Gasteiger charge is 2.16. The van der Waals surface area contributed by atoms with Crippen molar-refractivity contribution in [2.75, 3.05) is 40.5 Å². The molecule has 1 aliphatic rings. The van der Waals surface area contributed by atoms with Gasteiger partial charge in [0.1, 0.15) is 0 Å². The van der Waals surface area contributed by atoms with E-state index in [2.05, 4.69) is 25.6 Å². The van der Waals surface area contributed by atoms with Gasteiger partial charge in [-0.3, -0.25) is 4.99 Å². The highest BCUT2D eigenvalue weighted by Crippen LogP contribution is 2.09. The molecule has 8 heteroatoms. The van der Waals surface area contributed by atoms with Crippen molar-refractivity contribution in [3.05, 3.63) is 16.1 Å². The van der Waals surface area contributed by atoms with Crippen LogP contribution in [0.15, 0.2) is 10.4 Å². The summed E-state index contributed by atoms with van der Waals surface area (Å²) in [5.41, 5.74) is 1.06. The van der Waals surface area contributed by atoms with Crippen molar-refractivity contribution >= 4 is 41.3 Å². The number of aryl methyl sites for hydroxylation is 1. The maximum absolute atomic E-state index is 5.60. The van der Waals surface area contributed by atoms with Gasteiger partial charge in [-0.15, -0.1) is 35.3 Å². The van der Waals surface area contributed by atoms with Gasteiger partial charge in [-0.05, 0) is 6.92 Å². The molecule has 1 N–H and O–H groups in total. The Kier molecular flexibility index (Phi) is 8.45. The molecule has 0 spiro atoms. The second kappa shape index (κ2) is 9.54. The first-order valence-electron chi connectivity index (χ1n) is 6.71. The fraction of sp³-hybridized carbons (Fsp3) is 0.692. The molecule has 120 valence electrons. The third-order valence-corrected chi connectivity index (χ3v) is 3.83. The van der Waals surface area contributed by atoms with Crippen molar-refractivity contribution in [1.82, 2.24) is 15.2 Å². The zero-order valence-corrected chi connectivity index (χ0v) is 15.8. The maximum Gasteiger partial charge on any atom is 0.193 e. The van der Waals surface area contributed by atoms with Gasteiger partial charge >= 0.3 is 0 Å². The van der Waals surface area contributed by atoms with Crippen LogP contribution in [0, 0.1) is 6.92 Å². The summed E-state index contributed by atoms with van der Waals surface area (Å²) in [4.78, 5) is 10.8. The molecule has 1 aromatic rings. The molecule has 0 bridgehead atoms. The predicted octanol–water partition coefficient (Wildman–Crippen LogP) is 1.49. The van der Waals surface area contributed by atoms with E-state index in [9.17, 15) is 0 Å². The van der Waals surface area contributed by atoms with Crippen molar-refractivity contribution in [3.63, 3.8) is 0 Å². The average Bonchev–Trinajstić information content (AvgIpc) is 2.86. The third kappa shape index (κ3) is 6.05. The second-order valence-corrected chi connectivity index (χ2v) is 5.77. The fourth-order valence-corrected chi connectivity index (χ4v) is 2.65. The first-order chi connectivity index (χ1) is 9.69.